The van der Waals surface area contributed by atoms with Crippen LogP contribution in [0.5, 0.6) is 0 Å². The molecule has 0 nitrogen and oxygen atoms in total. The summed E-state index contributed by atoms with van der Waals surface area (Å²) in [6.07, 6.45) is 1.11. The molecule has 80 valence electrons. The van der Waals surface area contributed by atoms with Gasteiger partial charge in [-0.05, 0) is 55.0 Å². The number of hydrogen-bond donors (Lipinski definition) is 0. The van der Waals surface area contributed by atoms with Crippen LogP contribution < -0.4 is 0 Å². The maximum Gasteiger partial charge on any atom is -0.00132 e. The van der Waals surface area contributed by atoms with E-state index in [1.54, 1.807) is 0 Å². The van der Waals surface area contributed by atoms with E-state index in [4.69, 9.17) is 0 Å². The van der Waals surface area contributed by atoms with Gasteiger partial charge in [0.05, 0.1) is 0 Å². The van der Waals surface area contributed by atoms with Crippen LogP contribution in [-0.4, -0.2) is 0 Å². The fourth-order valence-corrected chi connectivity index (χ4v) is 2.90. The van der Waals surface area contributed by atoms with Gasteiger partial charge in [0.1, 0.15) is 0 Å². The van der Waals surface area contributed by atoms with Crippen LogP contribution in [0.15, 0.2) is 30.3 Å². The van der Waals surface area contributed by atoms with Crippen LogP contribution in [0.1, 0.15) is 27.8 Å². The molecular weight excluding hydrogens is 192 g/mol. The summed E-state index contributed by atoms with van der Waals surface area (Å²) in [5.74, 6) is 0. The first-order valence-corrected chi connectivity index (χ1v) is 5.85. The average Bonchev–Trinajstić information content (AvgIpc) is 2.54. The second-order valence-corrected chi connectivity index (χ2v) is 4.95. The van der Waals surface area contributed by atoms with E-state index >= 15 is 0 Å². The van der Waals surface area contributed by atoms with E-state index in [0.29, 0.717) is 0 Å². The molecule has 0 spiro atoms. The smallest absolute Gasteiger partial charge is 0.00132 e. The SMILES string of the molecule is Cc1ccc2c(c1)Cc1cc(C)cc(C)c1-2. The molecule has 0 saturated heterocycles. The molecule has 0 aliphatic heterocycles. The standard InChI is InChI=1S/C16H16/c1-10-4-5-15-13(7-10)9-14-8-11(2)6-12(3)16(14)15/h4-8H,9H2,1-3H3. The summed E-state index contributed by atoms with van der Waals surface area (Å²) in [7, 11) is 0. The van der Waals surface area contributed by atoms with Gasteiger partial charge in [0.25, 0.3) is 0 Å². The molecule has 0 unspecified atom stereocenters. The maximum absolute atomic E-state index is 2.33. The summed E-state index contributed by atoms with van der Waals surface area (Å²) >= 11 is 0. The summed E-state index contributed by atoms with van der Waals surface area (Å²) < 4.78 is 0. The van der Waals surface area contributed by atoms with E-state index in [0.717, 1.165) is 6.42 Å². The molecular formula is C16H16. The quantitative estimate of drug-likeness (QED) is 0.520. The van der Waals surface area contributed by atoms with Crippen molar-refractivity contribution in [1.82, 2.24) is 0 Å². The highest BCUT2D eigenvalue weighted by molar-refractivity contribution is 5.80. The van der Waals surface area contributed by atoms with E-state index in [-0.39, 0.29) is 0 Å². The van der Waals surface area contributed by atoms with E-state index in [9.17, 15) is 0 Å². The molecule has 0 heterocycles. The van der Waals surface area contributed by atoms with Crippen LogP contribution in [-0.2, 0) is 6.42 Å². The Morgan fingerprint density at radius 2 is 1.56 bits per heavy atom. The third-order valence-electron chi connectivity index (χ3n) is 3.47. The van der Waals surface area contributed by atoms with Gasteiger partial charge in [-0.15, -0.1) is 0 Å². The van der Waals surface area contributed by atoms with Gasteiger partial charge in [0, 0.05) is 0 Å². The van der Waals surface area contributed by atoms with Crippen LogP contribution in [0.2, 0.25) is 0 Å². The zero-order valence-corrected chi connectivity index (χ0v) is 10.1. The topological polar surface area (TPSA) is 0 Å². The normalized spacial score (nSPS) is 12.4. The summed E-state index contributed by atoms with van der Waals surface area (Å²) in [6, 6.07) is 11.4. The van der Waals surface area contributed by atoms with E-state index < -0.39 is 0 Å². The number of benzene rings is 2. The average molecular weight is 208 g/mol. The Bertz CT molecular complexity index is 577. The fraction of sp³-hybridized carbons (Fsp3) is 0.250. The van der Waals surface area contributed by atoms with Gasteiger partial charge in [-0.25, -0.2) is 0 Å². The predicted octanol–water partition coefficient (Wildman–Crippen LogP) is 4.18. The van der Waals surface area contributed by atoms with Crippen molar-refractivity contribution in [3.8, 4) is 11.1 Å². The Balaban J connectivity index is 2.29. The van der Waals surface area contributed by atoms with E-state index in [1.165, 1.54) is 38.9 Å². The molecule has 0 atom stereocenters. The van der Waals surface area contributed by atoms with Gasteiger partial charge in [-0.3, -0.25) is 0 Å². The zero-order valence-electron chi connectivity index (χ0n) is 10.1. The second-order valence-electron chi connectivity index (χ2n) is 4.95. The van der Waals surface area contributed by atoms with Crippen molar-refractivity contribution in [3.05, 3.63) is 58.1 Å². The molecule has 1 aliphatic carbocycles. The van der Waals surface area contributed by atoms with Crippen molar-refractivity contribution in [3.63, 3.8) is 0 Å². The number of hydrogen-bond acceptors (Lipinski definition) is 0. The molecule has 2 aromatic carbocycles. The Hall–Kier alpha value is -1.56. The summed E-state index contributed by atoms with van der Waals surface area (Å²) in [5.41, 5.74) is 10.1. The van der Waals surface area contributed by atoms with Gasteiger partial charge in [0.2, 0.25) is 0 Å². The van der Waals surface area contributed by atoms with Crippen molar-refractivity contribution >= 4 is 0 Å². The molecule has 16 heavy (non-hydrogen) atoms. The molecule has 0 radical (unpaired) electrons. The van der Waals surface area contributed by atoms with Gasteiger partial charge in [-0.2, -0.15) is 0 Å². The monoisotopic (exact) mass is 208 g/mol. The lowest BCUT2D eigenvalue weighted by Gasteiger charge is -2.07. The number of fused-ring (bicyclic) bond motifs is 3. The maximum atomic E-state index is 2.33. The van der Waals surface area contributed by atoms with Gasteiger partial charge >= 0.3 is 0 Å². The highest BCUT2D eigenvalue weighted by Gasteiger charge is 2.20. The lowest BCUT2D eigenvalue weighted by molar-refractivity contribution is 1.23. The molecule has 0 bridgehead atoms. The largest absolute Gasteiger partial charge is 0.0587 e. The minimum absolute atomic E-state index is 1.11. The third-order valence-corrected chi connectivity index (χ3v) is 3.47. The fourth-order valence-electron chi connectivity index (χ4n) is 2.90. The first-order chi connectivity index (χ1) is 7.65. The van der Waals surface area contributed by atoms with Crippen LogP contribution >= 0.6 is 0 Å². The minimum Gasteiger partial charge on any atom is -0.0587 e. The lowest BCUT2D eigenvalue weighted by atomic mass is 9.98. The molecule has 0 N–H and O–H groups in total. The van der Waals surface area contributed by atoms with Crippen molar-refractivity contribution in [2.75, 3.05) is 0 Å². The Labute approximate surface area is 96.9 Å². The van der Waals surface area contributed by atoms with E-state index in [1.807, 2.05) is 0 Å². The van der Waals surface area contributed by atoms with Crippen molar-refractivity contribution in [2.45, 2.75) is 27.2 Å². The van der Waals surface area contributed by atoms with Crippen molar-refractivity contribution in [2.24, 2.45) is 0 Å². The molecule has 1 aliphatic rings. The summed E-state index contributed by atoms with van der Waals surface area (Å²) in [5, 5.41) is 0. The van der Waals surface area contributed by atoms with Crippen LogP contribution in [0, 0.1) is 20.8 Å². The van der Waals surface area contributed by atoms with Crippen LogP contribution in [0.25, 0.3) is 11.1 Å². The lowest BCUT2D eigenvalue weighted by Crippen LogP contribution is -1.86. The van der Waals surface area contributed by atoms with Crippen LogP contribution in [0.3, 0.4) is 0 Å². The third kappa shape index (κ3) is 1.30. The molecule has 0 saturated carbocycles. The first-order valence-electron chi connectivity index (χ1n) is 5.85. The van der Waals surface area contributed by atoms with Gasteiger partial charge in [-0.1, -0.05) is 41.5 Å². The number of rotatable bonds is 0. The predicted molar refractivity (Wildman–Crippen MR) is 68.9 cm³/mol. The number of aryl methyl sites for hydroxylation is 3. The Kier molecular flexibility index (Phi) is 1.94. The van der Waals surface area contributed by atoms with Gasteiger partial charge < -0.3 is 0 Å². The zero-order chi connectivity index (χ0) is 11.3. The van der Waals surface area contributed by atoms with Crippen LogP contribution in [0.4, 0.5) is 0 Å². The molecule has 0 heteroatoms. The Morgan fingerprint density at radius 3 is 2.38 bits per heavy atom. The van der Waals surface area contributed by atoms with Crippen molar-refractivity contribution in [1.29, 1.82) is 0 Å². The first kappa shape index (κ1) is 9.65. The highest BCUT2D eigenvalue weighted by atomic mass is 14.2. The molecule has 2 aromatic rings. The summed E-state index contributed by atoms with van der Waals surface area (Å²) in [6.45, 7) is 6.57. The van der Waals surface area contributed by atoms with Gasteiger partial charge in [0.15, 0.2) is 0 Å². The molecule has 0 amide bonds. The Morgan fingerprint density at radius 1 is 0.812 bits per heavy atom. The second kappa shape index (κ2) is 3.21. The molecule has 3 rings (SSSR count). The highest BCUT2D eigenvalue weighted by Crippen LogP contribution is 2.39. The molecule has 0 aromatic heterocycles. The molecule has 0 fully saturated rings. The minimum atomic E-state index is 1.11. The summed E-state index contributed by atoms with van der Waals surface area (Å²) in [4.78, 5) is 0. The van der Waals surface area contributed by atoms with E-state index in [2.05, 4.69) is 51.1 Å². The van der Waals surface area contributed by atoms with Crippen molar-refractivity contribution < 1.29 is 0 Å².